The molecule has 1 aliphatic carbocycles. The largest absolute Gasteiger partial charge is 0.466 e. The van der Waals surface area contributed by atoms with Gasteiger partial charge < -0.3 is 19.0 Å². The first-order chi connectivity index (χ1) is 21.1. The van der Waals surface area contributed by atoms with Gasteiger partial charge in [0.25, 0.3) is 5.56 Å². The maximum atomic E-state index is 11.5. The van der Waals surface area contributed by atoms with Crippen LogP contribution in [-0.2, 0) is 22.3 Å². The number of nitrogens with one attached hydrogen (secondary N) is 2. The third-order valence-electron chi connectivity index (χ3n) is 8.07. The Morgan fingerprint density at radius 2 is 2.05 bits per heavy atom. The number of halogens is 1. The molecule has 0 fully saturated rings. The number of aromatic nitrogens is 3. The van der Waals surface area contributed by atoms with E-state index in [0.29, 0.717) is 5.76 Å². The SMILES string of the molecule is CCCCc1cc(Cl)ccc1C(c1cnc[nH]1)N(CCCCCc1cc(=O)[nH]o1)C(CC1=CC=CCC1)C1=COC=CO1. The highest BCUT2D eigenvalue weighted by Gasteiger charge is 2.35. The van der Waals surface area contributed by atoms with Crippen molar-refractivity contribution in [2.75, 3.05) is 6.54 Å². The molecule has 3 heterocycles. The van der Waals surface area contributed by atoms with Crippen molar-refractivity contribution in [2.24, 2.45) is 0 Å². The average Bonchev–Trinajstić information content (AvgIpc) is 3.72. The highest BCUT2D eigenvalue weighted by molar-refractivity contribution is 6.30. The first kappa shape index (κ1) is 30.7. The number of rotatable bonds is 16. The molecule has 2 unspecified atom stereocenters. The van der Waals surface area contributed by atoms with Gasteiger partial charge in [0.15, 0.2) is 5.76 Å². The molecule has 228 valence electrons. The van der Waals surface area contributed by atoms with Crippen molar-refractivity contribution in [1.82, 2.24) is 20.0 Å². The van der Waals surface area contributed by atoms with E-state index in [0.717, 1.165) is 87.2 Å². The predicted octanol–water partition coefficient (Wildman–Crippen LogP) is 7.89. The van der Waals surface area contributed by atoms with Gasteiger partial charge in [-0.1, -0.05) is 61.2 Å². The Bertz CT molecular complexity index is 1480. The molecule has 0 saturated carbocycles. The zero-order valence-corrected chi connectivity index (χ0v) is 25.5. The summed E-state index contributed by atoms with van der Waals surface area (Å²) in [6.07, 6.45) is 24.7. The number of aromatic amines is 2. The Morgan fingerprint density at radius 1 is 1.12 bits per heavy atom. The maximum absolute atomic E-state index is 11.5. The van der Waals surface area contributed by atoms with E-state index >= 15 is 0 Å². The van der Waals surface area contributed by atoms with Crippen LogP contribution in [0.3, 0.4) is 0 Å². The second-order valence-corrected chi connectivity index (χ2v) is 11.6. The van der Waals surface area contributed by atoms with Crippen LogP contribution in [0.5, 0.6) is 0 Å². The number of hydrogen-bond donors (Lipinski definition) is 2. The monoisotopic (exact) mass is 604 g/mol. The van der Waals surface area contributed by atoms with Gasteiger partial charge in [0.05, 0.1) is 24.1 Å². The summed E-state index contributed by atoms with van der Waals surface area (Å²) in [5.41, 5.74) is 4.66. The molecule has 0 bridgehead atoms. The van der Waals surface area contributed by atoms with Gasteiger partial charge in [0.1, 0.15) is 24.5 Å². The van der Waals surface area contributed by atoms with E-state index in [1.54, 1.807) is 25.1 Å². The van der Waals surface area contributed by atoms with Crippen molar-refractivity contribution in [1.29, 1.82) is 0 Å². The van der Waals surface area contributed by atoms with Crippen LogP contribution in [0.2, 0.25) is 5.02 Å². The molecule has 9 heteroatoms. The molecule has 3 aromatic rings. The summed E-state index contributed by atoms with van der Waals surface area (Å²) in [5, 5.41) is 3.13. The molecule has 0 radical (unpaired) electrons. The van der Waals surface area contributed by atoms with E-state index in [-0.39, 0.29) is 17.6 Å². The first-order valence-corrected chi connectivity index (χ1v) is 15.7. The highest BCUT2D eigenvalue weighted by Crippen LogP contribution is 2.38. The fourth-order valence-corrected chi connectivity index (χ4v) is 6.12. The molecule has 0 amide bonds. The normalized spacial score (nSPS) is 16.0. The fraction of sp³-hybridized carbons (Fsp3) is 0.412. The lowest BCUT2D eigenvalue weighted by atomic mass is 9.90. The van der Waals surface area contributed by atoms with Crippen LogP contribution < -0.4 is 5.56 Å². The lowest BCUT2D eigenvalue weighted by Crippen LogP contribution is -2.42. The second-order valence-electron chi connectivity index (χ2n) is 11.1. The number of aryl methyl sites for hydroxylation is 2. The molecule has 1 aliphatic heterocycles. The van der Waals surface area contributed by atoms with Crippen LogP contribution in [0.25, 0.3) is 0 Å². The zero-order chi connectivity index (χ0) is 29.9. The number of benzene rings is 1. The number of allylic oxidation sites excluding steroid dienone is 3. The van der Waals surface area contributed by atoms with E-state index in [4.69, 9.17) is 25.6 Å². The molecular formula is C34H41ClN4O4. The minimum atomic E-state index is -0.197. The molecule has 2 N–H and O–H groups in total. The maximum Gasteiger partial charge on any atom is 0.280 e. The predicted molar refractivity (Wildman–Crippen MR) is 168 cm³/mol. The van der Waals surface area contributed by atoms with Crippen LogP contribution in [0.1, 0.15) is 86.9 Å². The molecule has 2 atom stereocenters. The van der Waals surface area contributed by atoms with Crippen LogP contribution in [-0.4, -0.2) is 32.6 Å². The number of hydrogen-bond acceptors (Lipinski definition) is 6. The van der Waals surface area contributed by atoms with Gasteiger partial charge >= 0.3 is 0 Å². The molecule has 2 aromatic heterocycles. The summed E-state index contributed by atoms with van der Waals surface area (Å²) >= 11 is 6.56. The standard InChI is InChI=1S/C34H41ClN4O4/c1-2-3-12-26-20-27(35)14-15-29(26)34(30-22-36-24-37-30)39(16-9-5-8-13-28-21-33(40)38-43-28)31(32-23-41-17-18-42-32)19-25-10-6-4-7-11-25/h4,6,10,14-15,17-18,20-24,31,34H,2-3,5,7-9,11-13,16,19H2,1H3,(H,36,37)(H,38,40). The smallest absolute Gasteiger partial charge is 0.280 e. The third kappa shape index (κ3) is 8.42. The Labute approximate surface area is 258 Å². The van der Waals surface area contributed by atoms with Crippen molar-refractivity contribution < 1.29 is 14.0 Å². The van der Waals surface area contributed by atoms with Crippen molar-refractivity contribution >= 4 is 11.6 Å². The van der Waals surface area contributed by atoms with Gasteiger partial charge in [0, 0.05) is 23.7 Å². The molecule has 43 heavy (non-hydrogen) atoms. The quantitative estimate of drug-likeness (QED) is 0.161. The molecule has 5 rings (SSSR count). The fourth-order valence-electron chi connectivity index (χ4n) is 5.93. The van der Waals surface area contributed by atoms with Gasteiger partial charge in [0.2, 0.25) is 0 Å². The average molecular weight is 605 g/mol. The van der Waals surface area contributed by atoms with Crippen molar-refractivity contribution in [3.63, 3.8) is 0 Å². The van der Waals surface area contributed by atoms with Crippen molar-refractivity contribution in [3.8, 4) is 0 Å². The molecule has 2 aliphatic rings. The zero-order valence-electron chi connectivity index (χ0n) is 24.8. The third-order valence-corrected chi connectivity index (χ3v) is 8.30. The number of H-pyrrole nitrogens is 2. The summed E-state index contributed by atoms with van der Waals surface area (Å²) in [5.74, 6) is 1.47. The summed E-state index contributed by atoms with van der Waals surface area (Å²) in [4.78, 5) is 21.9. The van der Waals surface area contributed by atoms with Gasteiger partial charge in [-0.2, -0.15) is 5.16 Å². The Kier molecular flexibility index (Phi) is 11.2. The van der Waals surface area contributed by atoms with E-state index in [1.807, 2.05) is 12.3 Å². The molecule has 0 saturated heterocycles. The molecule has 8 nitrogen and oxygen atoms in total. The number of unbranched alkanes of at least 4 members (excludes halogenated alkanes) is 3. The number of ether oxygens (including phenoxy) is 2. The summed E-state index contributed by atoms with van der Waals surface area (Å²) < 4.78 is 17.1. The lowest BCUT2D eigenvalue weighted by Gasteiger charge is -2.40. The van der Waals surface area contributed by atoms with Crippen LogP contribution >= 0.6 is 11.6 Å². The molecular weight excluding hydrogens is 564 g/mol. The minimum absolute atomic E-state index is 0.0894. The molecule has 1 aromatic carbocycles. The number of imidazole rings is 1. The van der Waals surface area contributed by atoms with Crippen LogP contribution in [0, 0.1) is 0 Å². The topological polar surface area (TPSA) is 96.4 Å². The van der Waals surface area contributed by atoms with Crippen molar-refractivity contribution in [3.05, 3.63) is 123 Å². The van der Waals surface area contributed by atoms with Gasteiger partial charge in [-0.3, -0.25) is 9.69 Å². The van der Waals surface area contributed by atoms with Crippen LogP contribution in [0.4, 0.5) is 0 Å². The molecule has 0 spiro atoms. The Hall–Kier alpha value is -3.75. The Morgan fingerprint density at radius 3 is 2.77 bits per heavy atom. The summed E-state index contributed by atoms with van der Waals surface area (Å²) in [6.45, 7) is 3.01. The summed E-state index contributed by atoms with van der Waals surface area (Å²) in [7, 11) is 0. The Balaban J connectivity index is 1.51. The van der Waals surface area contributed by atoms with Gasteiger partial charge in [-0.25, -0.2) is 4.98 Å². The van der Waals surface area contributed by atoms with Gasteiger partial charge in [-0.15, -0.1) is 0 Å². The summed E-state index contributed by atoms with van der Waals surface area (Å²) in [6, 6.07) is 7.60. The van der Waals surface area contributed by atoms with Gasteiger partial charge in [-0.05, 0) is 74.8 Å². The van der Waals surface area contributed by atoms with E-state index in [9.17, 15) is 4.79 Å². The van der Waals surface area contributed by atoms with Crippen LogP contribution in [0.15, 0.2) is 94.5 Å². The van der Waals surface area contributed by atoms with E-state index < -0.39 is 0 Å². The highest BCUT2D eigenvalue weighted by atomic mass is 35.5. The van der Waals surface area contributed by atoms with Crippen molar-refractivity contribution in [2.45, 2.75) is 83.2 Å². The second kappa shape index (κ2) is 15.6. The number of nitrogens with zero attached hydrogens (tertiary/aromatic N) is 2. The lowest BCUT2D eigenvalue weighted by molar-refractivity contribution is 0.113. The van der Waals surface area contributed by atoms with E-state index in [2.05, 4.69) is 57.3 Å². The van der Waals surface area contributed by atoms with E-state index in [1.165, 1.54) is 22.8 Å². The minimum Gasteiger partial charge on any atom is -0.466 e. The first-order valence-electron chi connectivity index (χ1n) is 15.3.